The standard InChI is InChI=1S/C17H26ClFN2/c1-12(2)9-15-11-21(13(3)7-8-20-15)10-14-5-4-6-16(18)17(14)19/h4-6,12-13,15,20H,7-11H2,1-3H3. The summed E-state index contributed by atoms with van der Waals surface area (Å²) in [6.07, 6.45) is 2.25. The molecule has 1 saturated heterocycles. The van der Waals surface area contributed by atoms with E-state index in [1.165, 1.54) is 0 Å². The normalized spacial score (nSPS) is 24.3. The molecule has 0 saturated carbocycles. The van der Waals surface area contributed by atoms with Gasteiger partial charge < -0.3 is 5.32 Å². The Kier molecular flexibility index (Phi) is 6.03. The molecule has 1 N–H and O–H groups in total. The molecule has 1 aliphatic heterocycles. The first kappa shape index (κ1) is 16.7. The molecule has 1 fully saturated rings. The molecule has 21 heavy (non-hydrogen) atoms. The van der Waals surface area contributed by atoms with Gasteiger partial charge in [-0.1, -0.05) is 37.6 Å². The zero-order valence-electron chi connectivity index (χ0n) is 13.2. The van der Waals surface area contributed by atoms with E-state index < -0.39 is 0 Å². The fraction of sp³-hybridized carbons (Fsp3) is 0.647. The molecule has 0 spiro atoms. The van der Waals surface area contributed by atoms with Crippen molar-refractivity contribution in [2.45, 2.75) is 52.2 Å². The van der Waals surface area contributed by atoms with Gasteiger partial charge in [-0.3, -0.25) is 4.90 Å². The Morgan fingerprint density at radius 3 is 2.90 bits per heavy atom. The predicted octanol–water partition coefficient (Wildman–Crippen LogP) is 4.08. The molecule has 0 aliphatic carbocycles. The second-order valence-corrected chi connectivity index (χ2v) is 6.97. The first-order valence-electron chi connectivity index (χ1n) is 7.87. The molecule has 1 aliphatic rings. The molecule has 0 radical (unpaired) electrons. The molecule has 0 amide bonds. The molecule has 1 heterocycles. The van der Waals surface area contributed by atoms with Crippen LogP contribution in [0.15, 0.2) is 18.2 Å². The van der Waals surface area contributed by atoms with Gasteiger partial charge >= 0.3 is 0 Å². The van der Waals surface area contributed by atoms with Crippen LogP contribution in [0.4, 0.5) is 4.39 Å². The van der Waals surface area contributed by atoms with Gasteiger partial charge in [0.05, 0.1) is 5.02 Å². The Morgan fingerprint density at radius 2 is 2.19 bits per heavy atom. The highest BCUT2D eigenvalue weighted by Crippen LogP contribution is 2.22. The van der Waals surface area contributed by atoms with Crippen molar-refractivity contribution in [1.82, 2.24) is 10.2 Å². The smallest absolute Gasteiger partial charge is 0.146 e. The highest BCUT2D eigenvalue weighted by atomic mass is 35.5. The molecule has 118 valence electrons. The lowest BCUT2D eigenvalue weighted by atomic mass is 10.0. The lowest BCUT2D eigenvalue weighted by molar-refractivity contribution is 0.187. The van der Waals surface area contributed by atoms with Crippen molar-refractivity contribution < 1.29 is 4.39 Å². The van der Waals surface area contributed by atoms with E-state index in [1.54, 1.807) is 6.07 Å². The van der Waals surface area contributed by atoms with Crippen LogP contribution in [0.1, 0.15) is 39.2 Å². The molecule has 2 nitrogen and oxygen atoms in total. The van der Waals surface area contributed by atoms with E-state index in [0.29, 0.717) is 30.1 Å². The summed E-state index contributed by atoms with van der Waals surface area (Å²) in [7, 11) is 0. The Bertz CT molecular complexity index is 464. The maximum atomic E-state index is 14.1. The van der Waals surface area contributed by atoms with Gasteiger partial charge in [0.15, 0.2) is 0 Å². The summed E-state index contributed by atoms with van der Waals surface area (Å²) >= 11 is 5.89. The van der Waals surface area contributed by atoms with Crippen LogP contribution < -0.4 is 5.32 Å². The molecule has 0 bridgehead atoms. The van der Waals surface area contributed by atoms with E-state index in [0.717, 1.165) is 25.9 Å². The van der Waals surface area contributed by atoms with Crippen LogP contribution in [-0.4, -0.2) is 30.1 Å². The first-order valence-corrected chi connectivity index (χ1v) is 8.25. The van der Waals surface area contributed by atoms with Crippen molar-refractivity contribution in [3.05, 3.63) is 34.6 Å². The lowest BCUT2D eigenvalue weighted by Crippen LogP contribution is -2.40. The van der Waals surface area contributed by atoms with Gasteiger partial charge in [-0.05, 0) is 38.3 Å². The zero-order chi connectivity index (χ0) is 15.4. The fourth-order valence-electron chi connectivity index (χ4n) is 3.04. The highest BCUT2D eigenvalue weighted by Gasteiger charge is 2.24. The first-order chi connectivity index (χ1) is 9.97. The van der Waals surface area contributed by atoms with Crippen molar-refractivity contribution in [3.63, 3.8) is 0 Å². The van der Waals surface area contributed by atoms with Crippen LogP contribution >= 0.6 is 11.6 Å². The summed E-state index contributed by atoms with van der Waals surface area (Å²) < 4.78 is 14.1. The average molecular weight is 313 g/mol. The van der Waals surface area contributed by atoms with Gasteiger partial charge in [0.1, 0.15) is 5.82 Å². The van der Waals surface area contributed by atoms with Crippen LogP contribution in [0.3, 0.4) is 0 Å². The van der Waals surface area contributed by atoms with Gasteiger partial charge in [-0.2, -0.15) is 0 Å². The van der Waals surface area contributed by atoms with Gasteiger partial charge in [-0.25, -0.2) is 4.39 Å². The number of hydrogen-bond acceptors (Lipinski definition) is 2. The molecular formula is C17H26ClFN2. The highest BCUT2D eigenvalue weighted by molar-refractivity contribution is 6.30. The third kappa shape index (κ3) is 4.67. The van der Waals surface area contributed by atoms with E-state index in [1.807, 2.05) is 12.1 Å². The van der Waals surface area contributed by atoms with E-state index >= 15 is 0 Å². The average Bonchev–Trinajstić information content (AvgIpc) is 2.57. The minimum absolute atomic E-state index is 0.215. The Hall–Kier alpha value is -0.640. The van der Waals surface area contributed by atoms with Crippen molar-refractivity contribution >= 4 is 11.6 Å². The molecule has 2 rings (SSSR count). The minimum Gasteiger partial charge on any atom is -0.313 e. The number of halogens is 2. The quantitative estimate of drug-likeness (QED) is 0.901. The Balaban J connectivity index is 2.09. The van der Waals surface area contributed by atoms with Gasteiger partial charge in [0, 0.05) is 30.7 Å². The number of hydrogen-bond donors (Lipinski definition) is 1. The summed E-state index contributed by atoms with van der Waals surface area (Å²) in [5, 5.41) is 3.84. The van der Waals surface area contributed by atoms with Gasteiger partial charge in [0.2, 0.25) is 0 Å². The third-order valence-corrected chi connectivity index (χ3v) is 4.53. The summed E-state index contributed by atoms with van der Waals surface area (Å²) in [4.78, 5) is 2.38. The maximum Gasteiger partial charge on any atom is 0.146 e. The van der Waals surface area contributed by atoms with Crippen LogP contribution in [-0.2, 0) is 6.54 Å². The lowest BCUT2D eigenvalue weighted by Gasteiger charge is -2.30. The van der Waals surface area contributed by atoms with Crippen molar-refractivity contribution in [2.75, 3.05) is 13.1 Å². The number of benzene rings is 1. The summed E-state index contributed by atoms with van der Waals surface area (Å²) in [5.74, 6) is 0.393. The van der Waals surface area contributed by atoms with E-state index in [9.17, 15) is 4.39 Å². The summed E-state index contributed by atoms with van der Waals surface area (Å²) in [6.45, 7) is 9.35. The minimum atomic E-state index is -0.274. The second kappa shape index (κ2) is 7.57. The number of nitrogens with zero attached hydrogens (tertiary/aromatic N) is 1. The molecule has 1 aromatic rings. The van der Waals surface area contributed by atoms with Crippen LogP contribution in [0, 0.1) is 11.7 Å². The third-order valence-electron chi connectivity index (χ3n) is 4.23. The van der Waals surface area contributed by atoms with E-state index in [2.05, 4.69) is 31.0 Å². The number of nitrogens with one attached hydrogen (secondary N) is 1. The molecule has 4 heteroatoms. The molecule has 1 aromatic carbocycles. The monoisotopic (exact) mass is 312 g/mol. The van der Waals surface area contributed by atoms with Crippen molar-refractivity contribution in [3.8, 4) is 0 Å². The summed E-state index contributed by atoms with van der Waals surface area (Å²) in [6, 6.07) is 6.21. The predicted molar refractivity (Wildman–Crippen MR) is 87.1 cm³/mol. The van der Waals surface area contributed by atoms with Gasteiger partial charge in [0.25, 0.3) is 0 Å². The second-order valence-electron chi connectivity index (χ2n) is 6.56. The van der Waals surface area contributed by atoms with Gasteiger partial charge in [-0.15, -0.1) is 0 Å². The topological polar surface area (TPSA) is 15.3 Å². The summed E-state index contributed by atoms with van der Waals surface area (Å²) in [5.41, 5.74) is 0.694. The SMILES string of the molecule is CC(C)CC1CN(Cc2cccc(Cl)c2F)C(C)CCN1. The molecule has 2 atom stereocenters. The maximum absolute atomic E-state index is 14.1. The van der Waals surface area contributed by atoms with Crippen molar-refractivity contribution in [2.24, 2.45) is 5.92 Å². The molecular weight excluding hydrogens is 287 g/mol. The zero-order valence-corrected chi connectivity index (χ0v) is 14.0. The largest absolute Gasteiger partial charge is 0.313 e. The molecule has 2 unspecified atom stereocenters. The van der Waals surface area contributed by atoms with E-state index in [4.69, 9.17) is 11.6 Å². The van der Waals surface area contributed by atoms with Crippen LogP contribution in [0.2, 0.25) is 5.02 Å². The van der Waals surface area contributed by atoms with Crippen LogP contribution in [0.5, 0.6) is 0 Å². The number of rotatable bonds is 4. The van der Waals surface area contributed by atoms with Crippen molar-refractivity contribution in [1.29, 1.82) is 0 Å². The Labute approximate surface area is 132 Å². The van der Waals surface area contributed by atoms with Crippen LogP contribution in [0.25, 0.3) is 0 Å². The van der Waals surface area contributed by atoms with E-state index in [-0.39, 0.29) is 10.8 Å². The Morgan fingerprint density at radius 1 is 1.43 bits per heavy atom. The molecule has 0 aromatic heterocycles. The fourth-order valence-corrected chi connectivity index (χ4v) is 3.24.